The van der Waals surface area contributed by atoms with E-state index in [1.54, 1.807) is 7.11 Å². The second-order valence-corrected chi connectivity index (χ2v) is 6.09. The molecule has 1 aliphatic rings. The number of carbonyl (C=O) groups is 1. The normalized spacial score (nSPS) is 14.5. The molecule has 1 fully saturated rings. The zero-order valence-corrected chi connectivity index (χ0v) is 13.9. The number of ether oxygens (including phenoxy) is 1. The van der Waals surface area contributed by atoms with Gasteiger partial charge in [0.25, 0.3) is 5.56 Å². The van der Waals surface area contributed by atoms with E-state index in [9.17, 15) is 9.59 Å². The predicted octanol–water partition coefficient (Wildman–Crippen LogP) is 1.64. The fourth-order valence-electron chi connectivity index (χ4n) is 3.04. The number of H-pyrrole nitrogens is 1. The predicted molar refractivity (Wildman–Crippen MR) is 93.3 cm³/mol. The molecule has 2 heterocycles. The molecule has 1 aliphatic heterocycles. The third-order valence-corrected chi connectivity index (χ3v) is 4.40. The molecule has 1 aromatic carbocycles. The Bertz CT molecular complexity index is 785. The van der Waals surface area contributed by atoms with Crippen LogP contribution in [0.2, 0.25) is 0 Å². The van der Waals surface area contributed by atoms with Crippen LogP contribution in [0.25, 0.3) is 10.9 Å². The van der Waals surface area contributed by atoms with Crippen molar-refractivity contribution in [1.82, 2.24) is 15.2 Å². The lowest BCUT2D eigenvalue weighted by Gasteiger charge is -2.15. The van der Waals surface area contributed by atoms with Crippen LogP contribution >= 0.6 is 0 Å². The van der Waals surface area contributed by atoms with Gasteiger partial charge < -0.3 is 19.9 Å². The van der Waals surface area contributed by atoms with E-state index in [0.29, 0.717) is 18.5 Å². The molecule has 0 radical (unpaired) electrons. The Morgan fingerprint density at radius 2 is 2.17 bits per heavy atom. The summed E-state index contributed by atoms with van der Waals surface area (Å²) in [6, 6.07) is 7.54. The van der Waals surface area contributed by atoms with Crippen LogP contribution in [0.5, 0.6) is 5.75 Å². The Kier molecular flexibility index (Phi) is 5.15. The monoisotopic (exact) mass is 329 g/mol. The number of carbonyl (C=O) groups excluding carboxylic acids is 1. The largest absolute Gasteiger partial charge is 0.497 e. The van der Waals surface area contributed by atoms with Gasteiger partial charge in [0, 0.05) is 37.7 Å². The zero-order chi connectivity index (χ0) is 16.9. The van der Waals surface area contributed by atoms with E-state index in [1.165, 1.54) is 0 Å². The SMILES string of the molecule is COc1ccc2cc(CNCCCN3CCCC3=O)c(=O)[nH]c2c1. The molecule has 0 aliphatic carbocycles. The molecular formula is C18H23N3O3. The van der Waals surface area contributed by atoms with Crippen LogP contribution < -0.4 is 15.6 Å². The molecule has 6 nitrogen and oxygen atoms in total. The lowest BCUT2D eigenvalue weighted by atomic mass is 10.1. The van der Waals surface area contributed by atoms with E-state index in [1.807, 2.05) is 29.2 Å². The molecule has 0 unspecified atom stereocenters. The average Bonchev–Trinajstić information content (AvgIpc) is 2.99. The van der Waals surface area contributed by atoms with Crippen LogP contribution in [0.15, 0.2) is 29.1 Å². The molecule has 0 saturated carbocycles. The molecule has 1 saturated heterocycles. The number of fused-ring (bicyclic) bond motifs is 1. The third kappa shape index (κ3) is 3.76. The van der Waals surface area contributed by atoms with Crippen molar-refractivity contribution in [3.63, 3.8) is 0 Å². The number of rotatable bonds is 7. The van der Waals surface area contributed by atoms with Crippen molar-refractivity contribution in [2.24, 2.45) is 0 Å². The number of hydrogen-bond acceptors (Lipinski definition) is 4. The van der Waals surface area contributed by atoms with Crippen LogP contribution in [0.4, 0.5) is 0 Å². The molecule has 2 N–H and O–H groups in total. The summed E-state index contributed by atoms with van der Waals surface area (Å²) < 4.78 is 5.17. The van der Waals surface area contributed by atoms with Crippen molar-refractivity contribution >= 4 is 16.8 Å². The van der Waals surface area contributed by atoms with E-state index in [4.69, 9.17) is 4.74 Å². The molecule has 0 atom stereocenters. The second kappa shape index (κ2) is 7.49. The Labute approximate surface area is 140 Å². The summed E-state index contributed by atoms with van der Waals surface area (Å²) in [6.07, 6.45) is 2.56. The van der Waals surface area contributed by atoms with Crippen LogP contribution in [-0.4, -0.2) is 42.5 Å². The quantitative estimate of drug-likeness (QED) is 0.757. The molecule has 0 bridgehead atoms. The summed E-state index contributed by atoms with van der Waals surface area (Å²) in [7, 11) is 1.60. The van der Waals surface area contributed by atoms with Gasteiger partial charge in [-0.05, 0) is 43.0 Å². The minimum absolute atomic E-state index is 0.0852. The number of likely N-dealkylation sites (tertiary alicyclic amines) is 1. The highest BCUT2D eigenvalue weighted by atomic mass is 16.5. The zero-order valence-electron chi connectivity index (χ0n) is 13.9. The van der Waals surface area contributed by atoms with Gasteiger partial charge >= 0.3 is 0 Å². The summed E-state index contributed by atoms with van der Waals surface area (Å²) >= 11 is 0. The first kappa shape index (κ1) is 16.5. The van der Waals surface area contributed by atoms with Crippen LogP contribution in [0.3, 0.4) is 0 Å². The van der Waals surface area contributed by atoms with Crippen molar-refractivity contribution in [3.8, 4) is 5.75 Å². The lowest BCUT2D eigenvalue weighted by Crippen LogP contribution is -2.29. The number of aromatic nitrogens is 1. The molecule has 0 spiro atoms. The fraction of sp³-hybridized carbons (Fsp3) is 0.444. The third-order valence-electron chi connectivity index (χ3n) is 4.40. The number of benzene rings is 1. The van der Waals surface area contributed by atoms with Gasteiger partial charge in [-0.3, -0.25) is 9.59 Å². The van der Waals surface area contributed by atoms with Crippen LogP contribution in [0.1, 0.15) is 24.8 Å². The number of amides is 1. The van der Waals surface area contributed by atoms with E-state index in [2.05, 4.69) is 10.3 Å². The maximum absolute atomic E-state index is 12.2. The average molecular weight is 329 g/mol. The van der Waals surface area contributed by atoms with Crippen molar-refractivity contribution in [2.75, 3.05) is 26.7 Å². The minimum Gasteiger partial charge on any atom is -0.497 e. The minimum atomic E-state index is -0.0852. The van der Waals surface area contributed by atoms with Gasteiger partial charge in [0.1, 0.15) is 5.75 Å². The van der Waals surface area contributed by atoms with Crippen LogP contribution in [0, 0.1) is 0 Å². The Hall–Kier alpha value is -2.34. The first-order valence-electron chi connectivity index (χ1n) is 8.36. The molecule has 24 heavy (non-hydrogen) atoms. The van der Waals surface area contributed by atoms with E-state index < -0.39 is 0 Å². The van der Waals surface area contributed by atoms with Gasteiger partial charge in [-0.15, -0.1) is 0 Å². The van der Waals surface area contributed by atoms with Crippen molar-refractivity contribution in [1.29, 1.82) is 0 Å². The lowest BCUT2D eigenvalue weighted by molar-refractivity contribution is -0.127. The number of hydrogen-bond donors (Lipinski definition) is 2. The summed E-state index contributed by atoms with van der Waals surface area (Å²) in [5.41, 5.74) is 1.40. The molecule has 6 heteroatoms. The summed E-state index contributed by atoms with van der Waals surface area (Å²) in [5.74, 6) is 0.983. The van der Waals surface area contributed by atoms with Gasteiger partial charge in [0.05, 0.1) is 12.6 Å². The first-order valence-corrected chi connectivity index (χ1v) is 8.36. The van der Waals surface area contributed by atoms with Crippen molar-refractivity contribution in [2.45, 2.75) is 25.8 Å². The summed E-state index contributed by atoms with van der Waals surface area (Å²) in [4.78, 5) is 28.5. The Morgan fingerprint density at radius 1 is 1.29 bits per heavy atom. The van der Waals surface area contributed by atoms with Gasteiger partial charge in [0.2, 0.25) is 5.91 Å². The highest BCUT2D eigenvalue weighted by Gasteiger charge is 2.18. The fourth-order valence-corrected chi connectivity index (χ4v) is 3.04. The maximum Gasteiger partial charge on any atom is 0.252 e. The molecule has 2 aromatic rings. The maximum atomic E-state index is 12.2. The number of methoxy groups -OCH3 is 1. The Balaban J connectivity index is 1.54. The topological polar surface area (TPSA) is 74.4 Å². The van der Waals surface area contributed by atoms with Gasteiger partial charge in [-0.2, -0.15) is 0 Å². The molecule has 1 aromatic heterocycles. The van der Waals surface area contributed by atoms with Gasteiger partial charge in [0.15, 0.2) is 0 Å². The van der Waals surface area contributed by atoms with E-state index in [-0.39, 0.29) is 11.5 Å². The highest BCUT2D eigenvalue weighted by molar-refractivity contribution is 5.80. The van der Waals surface area contributed by atoms with Gasteiger partial charge in [-0.25, -0.2) is 0 Å². The van der Waals surface area contributed by atoms with Crippen molar-refractivity contribution < 1.29 is 9.53 Å². The number of pyridine rings is 1. The summed E-state index contributed by atoms with van der Waals surface area (Å²) in [6.45, 7) is 2.97. The van der Waals surface area contributed by atoms with Gasteiger partial charge in [-0.1, -0.05) is 0 Å². The number of nitrogens with one attached hydrogen (secondary N) is 2. The Morgan fingerprint density at radius 3 is 2.92 bits per heavy atom. The molecular weight excluding hydrogens is 306 g/mol. The smallest absolute Gasteiger partial charge is 0.252 e. The first-order chi connectivity index (χ1) is 11.7. The van der Waals surface area contributed by atoms with E-state index in [0.717, 1.165) is 49.1 Å². The van der Waals surface area contributed by atoms with E-state index >= 15 is 0 Å². The highest BCUT2D eigenvalue weighted by Crippen LogP contribution is 2.18. The molecule has 3 rings (SSSR count). The molecule has 128 valence electrons. The molecule has 1 amide bonds. The van der Waals surface area contributed by atoms with Crippen LogP contribution in [-0.2, 0) is 11.3 Å². The summed E-state index contributed by atoms with van der Waals surface area (Å²) in [5, 5.41) is 4.27. The number of nitrogens with zero attached hydrogens (tertiary/aromatic N) is 1. The number of aromatic amines is 1. The van der Waals surface area contributed by atoms with Crippen molar-refractivity contribution in [3.05, 3.63) is 40.2 Å². The second-order valence-electron chi connectivity index (χ2n) is 6.09. The standard InChI is InChI=1S/C18H23N3O3/c1-24-15-6-5-13-10-14(18(23)20-16(13)11-15)12-19-7-3-9-21-8-2-4-17(21)22/h5-6,10-11,19H,2-4,7-9,12H2,1H3,(H,20,23).